The molecule has 1 fully saturated rings. The summed E-state index contributed by atoms with van der Waals surface area (Å²) in [6, 6.07) is 4.25. The van der Waals surface area contributed by atoms with Gasteiger partial charge in [-0.05, 0) is 68.2 Å². The highest BCUT2D eigenvalue weighted by molar-refractivity contribution is 5.47. The Balaban J connectivity index is 1.73. The molecule has 0 amide bonds. The SMILES string of the molecule is Cc1cc2c(cc1CC1CCC(O)CC1)OCCO2. The van der Waals surface area contributed by atoms with Gasteiger partial charge in [0.1, 0.15) is 13.2 Å². The maximum atomic E-state index is 9.57. The number of aliphatic hydroxyl groups is 1. The van der Waals surface area contributed by atoms with Crippen LogP contribution in [0.2, 0.25) is 0 Å². The molecule has 3 heteroatoms. The molecule has 19 heavy (non-hydrogen) atoms. The van der Waals surface area contributed by atoms with Crippen molar-refractivity contribution in [2.24, 2.45) is 5.92 Å². The van der Waals surface area contributed by atoms with Crippen LogP contribution in [0.4, 0.5) is 0 Å². The van der Waals surface area contributed by atoms with Gasteiger partial charge in [0, 0.05) is 0 Å². The van der Waals surface area contributed by atoms with Gasteiger partial charge in [-0.2, -0.15) is 0 Å². The van der Waals surface area contributed by atoms with E-state index < -0.39 is 0 Å². The van der Waals surface area contributed by atoms with Gasteiger partial charge in [-0.3, -0.25) is 0 Å². The fourth-order valence-electron chi connectivity index (χ4n) is 3.11. The van der Waals surface area contributed by atoms with Crippen LogP contribution in [-0.2, 0) is 6.42 Å². The number of hydrogen-bond acceptors (Lipinski definition) is 3. The fraction of sp³-hybridized carbons (Fsp3) is 0.625. The van der Waals surface area contributed by atoms with Crippen molar-refractivity contribution in [3.8, 4) is 11.5 Å². The van der Waals surface area contributed by atoms with Gasteiger partial charge >= 0.3 is 0 Å². The van der Waals surface area contributed by atoms with E-state index in [1.54, 1.807) is 0 Å². The monoisotopic (exact) mass is 262 g/mol. The summed E-state index contributed by atoms with van der Waals surface area (Å²) in [5.74, 6) is 2.47. The van der Waals surface area contributed by atoms with E-state index in [9.17, 15) is 5.11 Å². The predicted octanol–water partition coefficient (Wildman–Crippen LogP) is 2.86. The Hall–Kier alpha value is -1.22. The van der Waals surface area contributed by atoms with E-state index in [4.69, 9.17) is 9.47 Å². The first kappa shape index (κ1) is 12.8. The summed E-state index contributed by atoms with van der Waals surface area (Å²) in [7, 11) is 0. The highest BCUT2D eigenvalue weighted by Gasteiger charge is 2.21. The van der Waals surface area contributed by atoms with E-state index in [1.807, 2.05) is 0 Å². The Morgan fingerprint density at radius 3 is 2.37 bits per heavy atom. The molecule has 0 atom stereocenters. The van der Waals surface area contributed by atoms with Gasteiger partial charge in [-0.1, -0.05) is 0 Å². The van der Waals surface area contributed by atoms with Gasteiger partial charge in [0.05, 0.1) is 6.10 Å². The molecule has 1 aliphatic carbocycles. The Labute approximate surface area is 114 Å². The van der Waals surface area contributed by atoms with Crippen molar-refractivity contribution >= 4 is 0 Å². The topological polar surface area (TPSA) is 38.7 Å². The Kier molecular flexibility index (Phi) is 3.65. The molecule has 1 N–H and O–H groups in total. The molecule has 1 aromatic rings. The van der Waals surface area contributed by atoms with Crippen molar-refractivity contribution in [1.82, 2.24) is 0 Å². The maximum Gasteiger partial charge on any atom is 0.161 e. The zero-order valence-electron chi connectivity index (χ0n) is 11.5. The number of aryl methyl sites for hydroxylation is 1. The number of rotatable bonds is 2. The molecule has 104 valence electrons. The van der Waals surface area contributed by atoms with Gasteiger partial charge < -0.3 is 14.6 Å². The first-order chi connectivity index (χ1) is 9.22. The molecule has 0 radical (unpaired) electrons. The molecule has 0 spiro atoms. The Bertz CT molecular complexity index is 448. The molecular formula is C16H22O3. The highest BCUT2D eigenvalue weighted by atomic mass is 16.6. The second-order valence-electron chi connectivity index (χ2n) is 5.80. The quantitative estimate of drug-likeness (QED) is 0.890. The Morgan fingerprint density at radius 2 is 1.68 bits per heavy atom. The predicted molar refractivity (Wildman–Crippen MR) is 73.8 cm³/mol. The van der Waals surface area contributed by atoms with Crippen LogP contribution in [0.1, 0.15) is 36.8 Å². The molecule has 0 unspecified atom stereocenters. The van der Waals surface area contributed by atoms with Crippen LogP contribution in [-0.4, -0.2) is 24.4 Å². The van der Waals surface area contributed by atoms with Crippen LogP contribution in [0.3, 0.4) is 0 Å². The minimum absolute atomic E-state index is 0.0717. The van der Waals surface area contributed by atoms with E-state index in [0.29, 0.717) is 19.1 Å². The molecule has 1 aliphatic heterocycles. The number of fused-ring (bicyclic) bond motifs is 1. The van der Waals surface area contributed by atoms with Crippen LogP contribution >= 0.6 is 0 Å². The second-order valence-corrected chi connectivity index (χ2v) is 5.80. The van der Waals surface area contributed by atoms with Gasteiger partial charge in [-0.15, -0.1) is 0 Å². The molecular weight excluding hydrogens is 240 g/mol. The van der Waals surface area contributed by atoms with E-state index in [1.165, 1.54) is 11.1 Å². The van der Waals surface area contributed by atoms with Gasteiger partial charge in [0.25, 0.3) is 0 Å². The largest absolute Gasteiger partial charge is 0.486 e. The highest BCUT2D eigenvalue weighted by Crippen LogP contribution is 2.35. The van der Waals surface area contributed by atoms with Crippen LogP contribution in [0, 0.1) is 12.8 Å². The van der Waals surface area contributed by atoms with Crippen molar-refractivity contribution in [2.45, 2.75) is 45.1 Å². The molecule has 1 saturated carbocycles. The van der Waals surface area contributed by atoms with Crippen molar-refractivity contribution in [2.75, 3.05) is 13.2 Å². The van der Waals surface area contributed by atoms with Crippen LogP contribution in [0.25, 0.3) is 0 Å². The van der Waals surface area contributed by atoms with E-state index in [0.717, 1.165) is 43.6 Å². The Morgan fingerprint density at radius 1 is 1.05 bits per heavy atom. The average Bonchev–Trinajstić information content (AvgIpc) is 2.42. The summed E-state index contributed by atoms with van der Waals surface area (Å²) in [6.45, 7) is 3.43. The molecule has 2 aliphatic rings. The zero-order valence-corrected chi connectivity index (χ0v) is 11.5. The number of ether oxygens (including phenoxy) is 2. The number of hydrogen-bond donors (Lipinski definition) is 1. The van der Waals surface area contributed by atoms with Crippen LogP contribution in [0.15, 0.2) is 12.1 Å². The van der Waals surface area contributed by atoms with Crippen molar-refractivity contribution in [3.63, 3.8) is 0 Å². The standard InChI is InChI=1S/C16H22O3/c1-11-8-15-16(19-7-6-18-15)10-13(11)9-12-2-4-14(17)5-3-12/h8,10,12,14,17H,2-7,9H2,1H3. The summed E-state index contributed by atoms with van der Waals surface area (Å²) in [6.07, 6.45) is 5.19. The van der Waals surface area contributed by atoms with E-state index >= 15 is 0 Å². The molecule has 1 aromatic carbocycles. The summed E-state index contributed by atoms with van der Waals surface area (Å²) >= 11 is 0. The van der Waals surface area contributed by atoms with E-state index in [-0.39, 0.29) is 6.10 Å². The van der Waals surface area contributed by atoms with Crippen LogP contribution < -0.4 is 9.47 Å². The maximum absolute atomic E-state index is 9.57. The van der Waals surface area contributed by atoms with Crippen molar-refractivity contribution in [3.05, 3.63) is 23.3 Å². The second kappa shape index (κ2) is 5.41. The summed E-state index contributed by atoms with van der Waals surface area (Å²) < 4.78 is 11.3. The number of aliphatic hydroxyl groups excluding tert-OH is 1. The van der Waals surface area contributed by atoms with Crippen LogP contribution in [0.5, 0.6) is 11.5 Å². The third kappa shape index (κ3) is 2.86. The lowest BCUT2D eigenvalue weighted by Gasteiger charge is -2.27. The molecule has 0 bridgehead atoms. The molecule has 0 aromatic heterocycles. The molecule has 1 heterocycles. The molecule has 3 rings (SSSR count). The summed E-state index contributed by atoms with van der Waals surface area (Å²) in [5, 5.41) is 9.57. The smallest absolute Gasteiger partial charge is 0.161 e. The summed E-state index contributed by atoms with van der Waals surface area (Å²) in [4.78, 5) is 0. The van der Waals surface area contributed by atoms with Gasteiger partial charge in [0.15, 0.2) is 11.5 Å². The minimum atomic E-state index is -0.0717. The first-order valence-corrected chi connectivity index (χ1v) is 7.29. The normalized spacial score (nSPS) is 26.2. The van der Waals surface area contributed by atoms with Gasteiger partial charge in [-0.25, -0.2) is 0 Å². The third-order valence-electron chi connectivity index (χ3n) is 4.33. The average molecular weight is 262 g/mol. The lowest BCUT2D eigenvalue weighted by Crippen LogP contribution is -2.20. The van der Waals surface area contributed by atoms with Crippen molar-refractivity contribution in [1.29, 1.82) is 0 Å². The van der Waals surface area contributed by atoms with E-state index in [2.05, 4.69) is 19.1 Å². The van der Waals surface area contributed by atoms with Crippen molar-refractivity contribution < 1.29 is 14.6 Å². The number of benzene rings is 1. The first-order valence-electron chi connectivity index (χ1n) is 7.29. The lowest BCUT2D eigenvalue weighted by molar-refractivity contribution is 0.108. The zero-order chi connectivity index (χ0) is 13.2. The third-order valence-corrected chi connectivity index (χ3v) is 4.33. The lowest BCUT2D eigenvalue weighted by atomic mass is 9.82. The molecule has 0 saturated heterocycles. The molecule has 3 nitrogen and oxygen atoms in total. The summed E-state index contributed by atoms with van der Waals surface area (Å²) in [5.41, 5.74) is 2.65. The van der Waals surface area contributed by atoms with Gasteiger partial charge in [0.2, 0.25) is 0 Å². The minimum Gasteiger partial charge on any atom is -0.486 e. The fourth-order valence-corrected chi connectivity index (χ4v) is 3.11.